The van der Waals surface area contributed by atoms with Crippen LogP contribution in [0.4, 0.5) is 10.1 Å². The second-order valence-electron chi connectivity index (χ2n) is 7.13. The number of nitrogens with zero attached hydrogens (tertiary/aromatic N) is 4. The quantitative estimate of drug-likeness (QED) is 0.396. The lowest BCUT2D eigenvalue weighted by atomic mass is 10.2. The van der Waals surface area contributed by atoms with E-state index < -0.39 is 15.8 Å². The van der Waals surface area contributed by atoms with Gasteiger partial charge in [-0.15, -0.1) is 10.2 Å². The van der Waals surface area contributed by atoms with Crippen molar-refractivity contribution in [1.82, 2.24) is 19.2 Å². The lowest BCUT2D eigenvalue weighted by Gasteiger charge is -2.16. The molecule has 0 atom stereocenters. The van der Waals surface area contributed by atoms with Gasteiger partial charge in [-0.3, -0.25) is 4.79 Å². The van der Waals surface area contributed by atoms with Gasteiger partial charge < -0.3 is 11.2 Å². The molecule has 168 valence electrons. The number of halogens is 1. The van der Waals surface area contributed by atoms with Gasteiger partial charge in [0.05, 0.1) is 16.2 Å². The predicted molar refractivity (Wildman–Crippen MR) is 119 cm³/mol. The minimum absolute atomic E-state index is 0.0459. The molecule has 1 fully saturated rings. The first-order valence-electron chi connectivity index (χ1n) is 9.84. The molecule has 0 bridgehead atoms. The van der Waals surface area contributed by atoms with Gasteiger partial charge >= 0.3 is 0 Å². The summed E-state index contributed by atoms with van der Waals surface area (Å²) in [5.41, 5.74) is 0.576. The van der Waals surface area contributed by atoms with E-state index in [-0.39, 0.29) is 33.1 Å². The van der Waals surface area contributed by atoms with Crippen molar-refractivity contribution in [2.75, 3.05) is 30.0 Å². The van der Waals surface area contributed by atoms with Gasteiger partial charge in [0, 0.05) is 18.8 Å². The van der Waals surface area contributed by atoms with Gasteiger partial charge in [0.1, 0.15) is 5.82 Å². The molecule has 1 aromatic heterocycles. The Morgan fingerprint density at radius 1 is 1.12 bits per heavy atom. The van der Waals surface area contributed by atoms with Crippen LogP contribution in [0.25, 0.3) is 11.4 Å². The van der Waals surface area contributed by atoms with Crippen molar-refractivity contribution >= 4 is 33.4 Å². The van der Waals surface area contributed by atoms with Crippen molar-refractivity contribution < 1.29 is 17.6 Å². The molecule has 0 radical (unpaired) electrons. The molecule has 0 spiro atoms. The SMILES string of the molecule is Nn1c(SCC(=O)Nc2cccc(S(=O)(=O)N3CCCC3)c2)nnc1-c1ccccc1F. The zero-order valence-corrected chi connectivity index (χ0v) is 18.6. The molecule has 0 unspecified atom stereocenters. The number of sulfonamides is 1. The number of carbonyl (C=O) groups excluding carboxylic acids is 1. The average Bonchev–Trinajstić information content (AvgIpc) is 3.44. The van der Waals surface area contributed by atoms with E-state index in [0.717, 1.165) is 29.3 Å². The summed E-state index contributed by atoms with van der Waals surface area (Å²) in [5.74, 6) is 5.21. The van der Waals surface area contributed by atoms with Gasteiger partial charge in [-0.05, 0) is 43.2 Å². The van der Waals surface area contributed by atoms with Crippen molar-refractivity contribution in [3.8, 4) is 11.4 Å². The Bertz CT molecular complexity index is 1240. The molecule has 0 aliphatic carbocycles. The highest BCUT2D eigenvalue weighted by molar-refractivity contribution is 7.99. The van der Waals surface area contributed by atoms with Crippen LogP contribution in [0.5, 0.6) is 0 Å². The van der Waals surface area contributed by atoms with E-state index in [4.69, 9.17) is 5.84 Å². The minimum Gasteiger partial charge on any atom is -0.335 e. The number of benzene rings is 2. The van der Waals surface area contributed by atoms with E-state index in [1.54, 1.807) is 24.3 Å². The van der Waals surface area contributed by atoms with E-state index in [9.17, 15) is 17.6 Å². The lowest BCUT2D eigenvalue weighted by Crippen LogP contribution is -2.28. The Balaban J connectivity index is 1.41. The van der Waals surface area contributed by atoms with Crippen LogP contribution >= 0.6 is 11.8 Å². The summed E-state index contributed by atoms with van der Waals surface area (Å²) in [4.78, 5) is 12.5. The van der Waals surface area contributed by atoms with Gasteiger partial charge in [0.2, 0.25) is 21.1 Å². The molecule has 3 aromatic rings. The van der Waals surface area contributed by atoms with E-state index in [0.29, 0.717) is 18.8 Å². The van der Waals surface area contributed by atoms with Gasteiger partial charge in [-0.25, -0.2) is 17.5 Å². The molecule has 1 aliphatic heterocycles. The zero-order valence-electron chi connectivity index (χ0n) is 16.9. The van der Waals surface area contributed by atoms with Crippen LogP contribution < -0.4 is 11.2 Å². The predicted octanol–water partition coefficient (Wildman–Crippen LogP) is 2.31. The maximum atomic E-state index is 14.0. The van der Waals surface area contributed by atoms with Crippen LogP contribution in [0.1, 0.15) is 12.8 Å². The Kier molecular flexibility index (Phi) is 6.44. The molecule has 12 heteroatoms. The Morgan fingerprint density at radius 2 is 1.88 bits per heavy atom. The van der Waals surface area contributed by atoms with Gasteiger partial charge in [-0.1, -0.05) is 30.0 Å². The fourth-order valence-corrected chi connectivity index (χ4v) is 5.56. The molecular weight excluding hydrogens is 455 g/mol. The Morgan fingerprint density at radius 3 is 2.62 bits per heavy atom. The molecule has 2 aromatic carbocycles. The van der Waals surface area contributed by atoms with E-state index >= 15 is 0 Å². The number of amides is 1. The third kappa shape index (κ3) is 4.61. The monoisotopic (exact) mass is 476 g/mol. The molecule has 0 saturated carbocycles. The van der Waals surface area contributed by atoms with Crippen molar-refractivity contribution in [3.63, 3.8) is 0 Å². The second kappa shape index (κ2) is 9.27. The van der Waals surface area contributed by atoms with Crippen LogP contribution in [-0.2, 0) is 14.8 Å². The summed E-state index contributed by atoms with van der Waals surface area (Å²) in [7, 11) is -3.58. The lowest BCUT2D eigenvalue weighted by molar-refractivity contribution is -0.113. The number of anilines is 1. The zero-order chi connectivity index (χ0) is 22.7. The molecule has 32 heavy (non-hydrogen) atoms. The number of hydrogen-bond donors (Lipinski definition) is 2. The number of aromatic nitrogens is 3. The summed E-state index contributed by atoms with van der Waals surface area (Å²) < 4.78 is 42.0. The van der Waals surface area contributed by atoms with Crippen LogP contribution in [0.15, 0.2) is 58.6 Å². The maximum absolute atomic E-state index is 14.0. The summed E-state index contributed by atoms with van der Waals surface area (Å²) in [6, 6.07) is 12.2. The molecule has 1 saturated heterocycles. The number of thioether (sulfide) groups is 1. The third-order valence-corrected chi connectivity index (χ3v) is 7.77. The van der Waals surface area contributed by atoms with Gasteiger partial charge in [0.15, 0.2) is 5.82 Å². The topological polar surface area (TPSA) is 123 Å². The molecule has 1 aliphatic rings. The summed E-state index contributed by atoms with van der Waals surface area (Å²) in [6.45, 7) is 1.01. The first-order valence-corrected chi connectivity index (χ1v) is 12.3. The fourth-order valence-electron chi connectivity index (χ4n) is 3.34. The summed E-state index contributed by atoms with van der Waals surface area (Å²) in [5, 5.41) is 10.8. The molecule has 2 heterocycles. The first-order chi connectivity index (χ1) is 15.4. The highest BCUT2D eigenvalue weighted by atomic mass is 32.2. The van der Waals surface area contributed by atoms with E-state index in [2.05, 4.69) is 15.5 Å². The number of nitrogens with two attached hydrogens (primary N) is 1. The average molecular weight is 477 g/mol. The molecule has 3 N–H and O–H groups in total. The number of nitrogens with one attached hydrogen (secondary N) is 1. The molecular formula is C20H21FN6O3S2. The number of nitrogen functional groups attached to an aromatic ring is 1. The molecule has 1 amide bonds. The van der Waals surface area contributed by atoms with Crippen molar-refractivity contribution in [2.45, 2.75) is 22.9 Å². The standard InChI is InChI=1S/C20H21FN6O3S2/c21-17-9-2-1-8-16(17)19-24-25-20(27(19)22)31-13-18(28)23-14-6-5-7-15(12-14)32(29,30)26-10-3-4-11-26/h1-2,5-9,12H,3-4,10-11,13,22H2,(H,23,28). The van der Waals surface area contributed by atoms with E-state index in [1.165, 1.54) is 28.6 Å². The van der Waals surface area contributed by atoms with Gasteiger partial charge in [0.25, 0.3) is 0 Å². The van der Waals surface area contributed by atoms with Crippen molar-refractivity contribution in [3.05, 3.63) is 54.3 Å². The van der Waals surface area contributed by atoms with Gasteiger partial charge in [-0.2, -0.15) is 4.31 Å². The highest BCUT2D eigenvalue weighted by Gasteiger charge is 2.27. The minimum atomic E-state index is -3.58. The van der Waals surface area contributed by atoms with Crippen LogP contribution in [-0.4, -0.2) is 52.3 Å². The van der Waals surface area contributed by atoms with Crippen molar-refractivity contribution in [1.29, 1.82) is 0 Å². The first kappa shape index (κ1) is 22.2. The summed E-state index contributed by atoms with van der Waals surface area (Å²) in [6.07, 6.45) is 1.69. The number of carbonyl (C=O) groups is 1. The maximum Gasteiger partial charge on any atom is 0.243 e. The van der Waals surface area contributed by atoms with Crippen LogP contribution in [0, 0.1) is 5.82 Å². The second-order valence-corrected chi connectivity index (χ2v) is 10.0. The number of hydrogen-bond acceptors (Lipinski definition) is 7. The normalized spacial score (nSPS) is 14.5. The Hall–Kier alpha value is -2.96. The molecule has 9 nitrogen and oxygen atoms in total. The number of rotatable bonds is 7. The van der Waals surface area contributed by atoms with Crippen LogP contribution in [0.2, 0.25) is 0 Å². The Labute approximate surface area is 188 Å². The largest absolute Gasteiger partial charge is 0.335 e. The smallest absolute Gasteiger partial charge is 0.243 e. The fraction of sp³-hybridized carbons (Fsp3) is 0.250. The van der Waals surface area contributed by atoms with Crippen LogP contribution in [0.3, 0.4) is 0 Å². The highest BCUT2D eigenvalue weighted by Crippen LogP contribution is 2.25. The van der Waals surface area contributed by atoms with E-state index in [1.807, 2.05) is 0 Å². The third-order valence-electron chi connectivity index (χ3n) is 4.93. The van der Waals surface area contributed by atoms with Crippen molar-refractivity contribution in [2.24, 2.45) is 0 Å². The molecule has 4 rings (SSSR count). The summed E-state index contributed by atoms with van der Waals surface area (Å²) >= 11 is 1.03.